The third-order valence-corrected chi connectivity index (χ3v) is 2.19. The van der Waals surface area contributed by atoms with Gasteiger partial charge in [-0.3, -0.25) is 4.79 Å². The summed E-state index contributed by atoms with van der Waals surface area (Å²) in [5, 5.41) is 0. The van der Waals surface area contributed by atoms with Crippen LogP contribution >= 0.6 is 0 Å². The minimum Gasteiger partial charge on any atom is -0.462 e. The van der Waals surface area contributed by atoms with Crippen LogP contribution < -0.4 is 0 Å². The Morgan fingerprint density at radius 2 is 2.13 bits per heavy atom. The lowest BCUT2D eigenvalue weighted by Crippen LogP contribution is -2.30. The average Bonchev–Trinajstić information content (AvgIpc) is 2.21. The number of hydrogen-bond donors (Lipinski definition) is 0. The van der Waals surface area contributed by atoms with E-state index in [4.69, 9.17) is 9.47 Å². The Hall–Kier alpha value is -0.570. The summed E-state index contributed by atoms with van der Waals surface area (Å²) in [5.41, 5.74) is 0. The van der Waals surface area contributed by atoms with Crippen molar-refractivity contribution in [3.05, 3.63) is 0 Å². The van der Waals surface area contributed by atoms with Gasteiger partial charge in [0.2, 0.25) is 0 Å². The molecule has 0 amide bonds. The van der Waals surface area contributed by atoms with E-state index in [2.05, 4.69) is 0 Å². The predicted molar refractivity (Wildman–Crippen MR) is 60.8 cm³/mol. The van der Waals surface area contributed by atoms with E-state index in [1.54, 1.807) is 0 Å². The summed E-state index contributed by atoms with van der Waals surface area (Å²) in [4.78, 5) is 11.2. The van der Waals surface area contributed by atoms with Crippen LogP contribution in [0.2, 0.25) is 0 Å². The van der Waals surface area contributed by atoms with Crippen LogP contribution in [0, 0.1) is 0 Å². The first-order valence-corrected chi connectivity index (χ1v) is 6.03. The van der Waals surface area contributed by atoms with Crippen molar-refractivity contribution in [2.45, 2.75) is 65.6 Å². The van der Waals surface area contributed by atoms with Crippen LogP contribution in [0.4, 0.5) is 0 Å². The van der Waals surface area contributed by atoms with E-state index >= 15 is 0 Å². The minimum atomic E-state index is -0.0680. The number of hydrogen-bond acceptors (Lipinski definition) is 3. The molecule has 0 aromatic carbocycles. The van der Waals surface area contributed by atoms with E-state index < -0.39 is 0 Å². The van der Waals surface area contributed by atoms with Crippen molar-refractivity contribution in [3.8, 4) is 0 Å². The highest BCUT2D eigenvalue weighted by atomic mass is 16.6. The van der Waals surface area contributed by atoms with Crippen molar-refractivity contribution < 1.29 is 14.3 Å². The Morgan fingerprint density at radius 3 is 2.67 bits per heavy atom. The van der Waals surface area contributed by atoms with Gasteiger partial charge in [0, 0.05) is 19.3 Å². The molecule has 0 spiro atoms. The second kappa shape index (κ2) is 8.72. The standard InChI is InChI=1S/C10H18O3.C2H6/c1-3-4-10(11)13-9-5-6-12-8(2)7-9;1-2/h8-9H,3-7H2,1-2H3;1-2H3/t8?,9-;/m1./s1. The number of ether oxygens (including phenoxy) is 2. The minimum absolute atomic E-state index is 0.0680. The van der Waals surface area contributed by atoms with Gasteiger partial charge in [0.15, 0.2) is 0 Å². The Labute approximate surface area is 93.1 Å². The maximum atomic E-state index is 11.2. The maximum Gasteiger partial charge on any atom is 0.306 e. The summed E-state index contributed by atoms with van der Waals surface area (Å²) >= 11 is 0. The molecule has 0 aromatic rings. The number of rotatable bonds is 3. The van der Waals surface area contributed by atoms with Crippen molar-refractivity contribution in [2.24, 2.45) is 0 Å². The van der Waals surface area contributed by atoms with E-state index in [1.807, 2.05) is 27.7 Å². The monoisotopic (exact) mass is 216 g/mol. The molecule has 3 nitrogen and oxygen atoms in total. The lowest BCUT2D eigenvalue weighted by molar-refractivity contribution is -0.155. The van der Waals surface area contributed by atoms with Crippen LogP contribution in [0.3, 0.4) is 0 Å². The molecule has 15 heavy (non-hydrogen) atoms. The Morgan fingerprint density at radius 1 is 1.47 bits per heavy atom. The largest absolute Gasteiger partial charge is 0.462 e. The van der Waals surface area contributed by atoms with Crippen LogP contribution in [0.15, 0.2) is 0 Å². The second-order valence-corrected chi connectivity index (χ2v) is 3.57. The number of carbonyl (C=O) groups is 1. The van der Waals surface area contributed by atoms with Gasteiger partial charge in [0.25, 0.3) is 0 Å². The zero-order valence-corrected chi connectivity index (χ0v) is 10.4. The first kappa shape index (κ1) is 14.4. The van der Waals surface area contributed by atoms with Crippen molar-refractivity contribution >= 4 is 5.97 Å². The van der Waals surface area contributed by atoms with E-state index in [-0.39, 0.29) is 18.2 Å². The van der Waals surface area contributed by atoms with Crippen molar-refractivity contribution in [1.29, 1.82) is 0 Å². The SMILES string of the molecule is CC.CCCC(=O)O[C@@H]1CCOC(C)C1. The normalized spacial score (nSPS) is 25.1. The van der Waals surface area contributed by atoms with Gasteiger partial charge in [-0.15, -0.1) is 0 Å². The highest BCUT2D eigenvalue weighted by Crippen LogP contribution is 2.16. The van der Waals surface area contributed by atoms with Crippen LogP contribution in [-0.2, 0) is 14.3 Å². The quantitative estimate of drug-likeness (QED) is 0.680. The lowest BCUT2D eigenvalue weighted by Gasteiger charge is -2.26. The summed E-state index contributed by atoms with van der Waals surface area (Å²) in [6.45, 7) is 8.71. The van der Waals surface area contributed by atoms with Crippen LogP contribution in [0.5, 0.6) is 0 Å². The third kappa shape index (κ3) is 6.50. The molecule has 1 saturated heterocycles. The van der Waals surface area contributed by atoms with Gasteiger partial charge in [-0.25, -0.2) is 0 Å². The van der Waals surface area contributed by atoms with Gasteiger partial charge in [-0.05, 0) is 13.3 Å². The lowest BCUT2D eigenvalue weighted by atomic mass is 10.1. The summed E-state index contributed by atoms with van der Waals surface area (Å²) in [7, 11) is 0. The molecule has 1 rings (SSSR count). The first-order valence-electron chi connectivity index (χ1n) is 6.03. The van der Waals surface area contributed by atoms with Crippen molar-refractivity contribution in [3.63, 3.8) is 0 Å². The molecular weight excluding hydrogens is 192 g/mol. The summed E-state index contributed by atoms with van der Waals surface area (Å²) in [6, 6.07) is 0. The van der Waals surface area contributed by atoms with E-state index in [0.717, 1.165) is 19.3 Å². The first-order chi connectivity index (χ1) is 7.22. The van der Waals surface area contributed by atoms with Gasteiger partial charge in [0.05, 0.1) is 12.7 Å². The molecule has 0 aliphatic carbocycles. The average molecular weight is 216 g/mol. The van der Waals surface area contributed by atoms with E-state index in [0.29, 0.717) is 13.0 Å². The van der Waals surface area contributed by atoms with E-state index in [9.17, 15) is 4.79 Å². The summed E-state index contributed by atoms with van der Waals surface area (Å²) in [5.74, 6) is -0.0680. The molecule has 2 atom stereocenters. The van der Waals surface area contributed by atoms with Gasteiger partial charge in [-0.1, -0.05) is 20.8 Å². The smallest absolute Gasteiger partial charge is 0.306 e. The Kier molecular flexibility index (Phi) is 8.38. The molecule has 0 bridgehead atoms. The zero-order valence-electron chi connectivity index (χ0n) is 10.4. The topological polar surface area (TPSA) is 35.5 Å². The van der Waals surface area contributed by atoms with Crippen molar-refractivity contribution in [2.75, 3.05) is 6.61 Å². The Bertz CT molecular complexity index is 168. The second-order valence-electron chi connectivity index (χ2n) is 3.57. The molecule has 0 saturated carbocycles. The molecule has 1 unspecified atom stereocenters. The van der Waals surface area contributed by atoms with Crippen LogP contribution in [0.25, 0.3) is 0 Å². The fraction of sp³-hybridized carbons (Fsp3) is 0.917. The fourth-order valence-electron chi connectivity index (χ4n) is 1.51. The number of esters is 1. The molecule has 1 aliphatic rings. The fourth-order valence-corrected chi connectivity index (χ4v) is 1.51. The van der Waals surface area contributed by atoms with Crippen molar-refractivity contribution in [1.82, 2.24) is 0 Å². The molecule has 0 aromatic heterocycles. The molecule has 0 N–H and O–H groups in total. The van der Waals surface area contributed by atoms with Gasteiger partial charge in [0.1, 0.15) is 6.10 Å². The van der Waals surface area contributed by atoms with Gasteiger partial charge < -0.3 is 9.47 Å². The number of carbonyl (C=O) groups excluding carboxylic acids is 1. The van der Waals surface area contributed by atoms with Gasteiger partial charge >= 0.3 is 5.97 Å². The summed E-state index contributed by atoms with van der Waals surface area (Å²) < 4.78 is 10.6. The van der Waals surface area contributed by atoms with Gasteiger partial charge in [-0.2, -0.15) is 0 Å². The predicted octanol–water partition coefficient (Wildman–Crippen LogP) is 2.92. The molecular formula is C12H24O3. The molecule has 90 valence electrons. The van der Waals surface area contributed by atoms with Crippen LogP contribution in [0.1, 0.15) is 53.4 Å². The molecule has 3 heteroatoms. The Balaban J connectivity index is 0.000000921. The molecule has 0 radical (unpaired) electrons. The highest BCUT2D eigenvalue weighted by molar-refractivity contribution is 5.69. The highest BCUT2D eigenvalue weighted by Gasteiger charge is 2.22. The van der Waals surface area contributed by atoms with E-state index in [1.165, 1.54) is 0 Å². The zero-order chi connectivity index (χ0) is 11.7. The molecule has 1 fully saturated rings. The third-order valence-electron chi connectivity index (χ3n) is 2.19. The van der Waals surface area contributed by atoms with Crippen LogP contribution in [-0.4, -0.2) is 24.8 Å². The summed E-state index contributed by atoms with van der Waals surface area (Å²) in [6.07, 6.45) is 3.40. The maximum absolute atomic E-state index is 11.2. The molecule has 1 aliphatic heterocycles. The molecule has 1 heterocycles.